The molecular formula is C24H41KO2. The second kappa shape index (κ2) is 8.69. The van der Waals surface area contributed by atoms with E-state index in [1.807, 2.05) is 6.92 Å². The summed E-state index contributed by atoms with van der Waals surface area (Å²) in [5, 5.41) is 0. The number of rotatable bonds is 3. The number of esters is 1. The van der Waals surface area contributed by atoms with Crippen molar-refractivity contribution in [2.45, 2.75) is 104 Å². The molecule has 0 heterocycles. The third-order valence-corrected chi connectivity index (χ3v) is 9.93. The molecule has 150 valence electrons. The standard InChI is InChI=1S/C24H40O2.K.H/c1-5-16-11-13-19-18-12-10-17-8-7-9-21(26-22(25)6-2)24(17,4)20(18)14-15-23(16,19)3;;/h16-21H,5-15H2,1-4H3;;/t16-,17?,18-,19-,20-,21?,23+,24-;;/m0../s1. The van der Waals surface area contributed by atoms with Crippen molar-refractivity contribution < 1.29 is 9.53 Å². The number of hydrogen-bond acceptors (Lipinski definition) is 2. The van der Waals surface area contributed by atoms with Gasteiger partial charge in [0.05, 0.1) is 0 Å². The van der Waals surface area contributed by atoms with Crippen molar-refractivity contribution >= 4 is 57.4 Å². The summed E-state index contributed by atoms with van der Waals surface area (Å²) in [6.45, 7) is 9.49. The van der Waals surface area contributed by atoms with Crippen LogP contribution < -0.4 is 0 Å². The summed E-state index contributed by atoms with van der Waals surface area (Å²) in [6.07, 6.45) is 14.3. The molecule has 0 aromatic heterocycles. The molecule has 0 saturated heterocycles. The van der Waals surface area contributed by atoms with Crippen molar-refractivity contribution in [1.29, 1.82) is 0 Å². The van der Waals surface area contributed by atoms with E-state index in [1.54, 1.807) is 0 Å². The monoisotopic (exact) mass is 400 g/mol. The van der Waals surface area contributed by atoms with Crippen molar-refractivity contribution in [3.8, 4) is 0 Å². The molecule has 4 fully saturated rings. The molecule has 0 amide bonds. The van der Waals surface area contributed by atoms with Crippen LogP contribution in [-0.2, 0) is 9.53 Å². The molecule has 2 unspecified atom stereocenters. The third-order valence-electron chi connectivity index (χ3n) is 9.93. The van der Waals surface area contributed by atoms with Gasteiger partial charge in [-0.25, -0.2) is 0 Å². The van der Waals surface area contributed by atoms with Gasteiger partial charge in [-0.05, 0) is 92.8 Å². The van der Waals surface area contributed by atoms with Gasteiger partial charge >= 0.3 is 57.4 Å². The van der Waals surface area contributed by atoms with Crippen LogP contribution in [-0.4, -0.2) is 63.5 Å². The van der Waals surface area contributed by atoms with Crippen molar-refractivity contribution in [3.63, 3.8) is 0 Å². The van der Waals surface area contributed by atoms with Crippen molar-refractivity contribution in [3.05, 3.63) is 0 Å². The minimum atomic E-state index is 0. The zero-order valence-corrected chi connectivity index (χ0v) is 17.6. The van der Waals surface area contributed by atoms with Gasteiger partial charge in [0.1, 0.15) is 6.10 Å². The Morgan fingerprint density at radius 1 is 0.963 bits per heavy atom. The van der Waals surface area contributed by atoms with E-state index in [-0.39, 0.29) is 68.9 Å². The molecule has 4 saturated carbocycles. The Morgan fingerprint density at radius 2 is 1.74 bits per heavy atom. The number of fused-ring (bicyclic) bond motifs is 5. The molecular weight excluding hydrogens is 359 g/mol. The molecule has 4 aliphatic rings. The van der Waals surface area contributed by atoms with Crippen LogP contribution in [0.1, 0.15) is 98.3 Å². The SMILES string of the molecule is CCC(=O)OC1CCCC2CC[C@@H]3[C@H](CC[C@]4(C)[C@@H](CC)CC[C@@H]34)[C@]21C.[KH]. The van der Waals surface area contributed by atoms with E-state index in [0.717, 1.165) is 36.0 Å². The first-order valence-electron chi connectivity index (χ1n) is 11.6. The number of hydrogen-bond donors (Lipinski definition) is 0. The maximum absolute atomic E-state index is 12.2. The Kier molecular flexibility index (Phi) is 7.33. The Balaban J connectivity index is 0.00000210. The maximum atomic E-state index is 12.2. The fourth-order valence-electron chi connectivity index (χ4n) is 8.49. The van der Waals surface area contributed by atoms with Gasteiger partial charge < -0.3 is 4.74 Å². The first-order chi connectivity index (χ1) is 12.4. The van der Waals surface area contributed by atoms with Gasteiger partial charge in [-0.1, -0.05) is 34.1 Å². The van der Waals surface area contributed by atoms with Crippen LogP contribution in [0.3, 0.4) is 0 Å². The zero-order valence-electron chi connectivity index (χ0n) is 17.6. The number of carbonyl (C=O) groups excluding carboxylic acids is 1. The van der Waals surface area contributed by atoms with E-state index in [0.29, 0.717) is 11.8 Å². The molecule has 0 aliphatic heterocycles. The van der Waals surface area contributed by atoms with Crippen LogP contribution >= 0.6 is 0 Å². The zero-order chi connectivity index (χ0) is 18.5. The van der Waals surface area contributed by atoms with Crippen LogP contribution in [0.4, 0.5) is 0 Å². The van der Waals surface area contributed by atoms with E-state index in [4.69, 9.17) is 4.74 Å². The summed E-state index contributed by atoms with van der Waals surface area (Å²) in [5.74, 6) is 4.33. The van der Waals surface area contributed by atoms with E-state index in [9.17, 15) is 4.79 Å². The Bertz CT molecular complexity index is 548. The number of carbonyl (C=O) groups is 1. The predicted molar refractivity (Wildman–Crippen MR) is 113 cm³/mol. The summed E-state index contributed by atoms with van der Waals surface area (Å²) >= 11 is 0. The van der Waals surface area contributed by atoms with Crippen LogP contribution in [0.15, 0.2) is 0 Å². The fraction of sp³-hybridized carbons (Fsp3) is 0.958. The molecule has 0 spiro atoms. The van der Waals surface area contributed by atoms with Gasteiger partial charge in [0.15, 0.2) is 0 Å². The van der Waals surface area contributed by atoms with Gasteiger partial charge in [0.2, 0.25) is 0 Å². The van der Waals surface area contributed by atoms with Crippen LogP contribution in [0.2, 0.25) is 0 Å². The summed E-state index contributed by atoms with van der Waals surface area (Å²) in [5.41, 5.74) is 0.820. The molecule has 3 heteroatoms. The van der Waals surface area contributed by atoms with Crippen molar-refractivity contribution in [2.75, 3.05) is 0 Å². The van der Waals surface area contributed by atoms with Crippen molar-refractivity contribution in [2.24, 2.45) is 40.4 Å². The summed E-state index contributed by atoms with van der Waals surface area (Å²) < 4.78 is 6.10. The van der Waals surface area contributed by atoms with Gasteiger partial charge in [-0.15, -0.1) is 0 Å². The number of ether oxygens (including phenoxy) is 1. The molecule has 2 nitrogen and oxygen atoms in total. The van der Waals surface area contributed by atoms with Crippen molar-refractivity contribution in [1.82, 2.24) is 0 Å². The molecule has 0 radical (unpaired) electrons. The molecule has 0 aromatic rings. The minimum absolute atomic E-state index is 0. The average Bonchev–Trinajstić information content (AvgIpc) is 2.98. The van der Waals surface area contributed by atoms with E-state index < -0.39 is 0 Å². The molecule has 0 N–H and O–H groups in total. The average molecular weight is 401 g/mol. The summed E-state index contributed by atoms with van der Waals surface area (Å²) in [4.78, 5) is 12.2. The Morgan fingerprint density at radius 3 is 2.44 bits per heavy atom. The molecule has 8 atom stereocenters. The van der Waals surface area contributed by atoms with E-state index in [2.05, 4.69) is 20.8 Å². The quantitative estimate of drug-likeness (QED) is 0.447. The van der Waals surface area contributed by atoms with E-state index >= 15 is 0 Å². The van der Waals surface area contributed by atoms with Gasteiger partial charge in [-0.2, -0.15) is 0 Å². The van der Waals surface area contributed by atoms with Gasteiger partial charge in [-0.3, -0.25) is 4.79 Å². The van der Waals surface area contributed by atoms with Crippen LogP contribution in [0.5, 0.6) is 0 Å². The first kappa shape index (κ1) is 22.8. The van der Waals surface area contributed by atoms with E-state index in [1.165, 1.54) is 57.8 Å². The Labute approximate surface area is 209 Å². The molecule has 4 rings (SSSR count). The topological polar surface area (TPSA) is 26.3 Å². The van der Waals surface area contributed by atoms with Crippen LogP contribution in [0.25, 0.3) is 0 Å². The summed E-state index contributed by atoms with van der Waals surface area (Å²) in [7, 11) is 0. The van der Waals surface area contributed by atoms with Crippen LogP contribution in [0, 0.1) is 40.4 Å². The second-order valence-corrected chi connectivity index (χ2v) is 10.5. The third kappa shape index (κ3) is 3.58. The molecule has 4 aliphatic carbocycles. The van der Waals surface area contributed by atoms with Gasteiger partial charge in [0.25, 0.3) is 0 Å². The second-order valence-electron chi connectivity index (χ2n) is 10.5. The van der Waals surface area contributed by atoms with Gasteiger partial charge in [0, 0.05) is 11.8 Å². The summed E-state index contributed by atoms with van der Waals surface area (Å²) in [6, 6.07) is 0. The predicted octanol–water partition coefficient (Wildman–Crippen LogP) is 5.73. The molecule has 0 bridgehead atoms. The normalized spacial score (nSPS) is 48.6. The molecule has 0 aromatic carbocycles. The fourth-order valence-corrected chi connectivity index (χ4v) is 8.49. The Hall–Kier alpha value is 1.11. The molecule has 27 heavy (non-hydrogen) atoms. The first-order valence-corrected chi connectivity index (χ1v) is 11.6.